The number of para-hydroxylation sites is 1. The molecule has 0 saturated carbocycles. The summed E-state index contributed by atoms with van der Waals surface area (Å²) in [4.78, 5) is 29.6. The quantitative estimate of drug-likeness (QED) is 0.611. The Kier molecular flexibility index (Phi) is 3.29. The predicted octanol–water partition coefficient (Wildman–Crippen LogP) is 1.73. The number of terminal acetylenes is 1. The Balaban J connectivity index is 2.00. The summed E-state index contributed by atoms with van der Waals surface area (Å²) in [6.07, 6.45) is 14.7. The van der Waals surface area contributed by atoms with E-state index >= 15 is 0 Å². The number of methoxy groups -OCH3 is 1. The molecule has 4 rings (SSSR count). The topological polar surface area (TPSA) is 49.9 Å². The van der Waals surface area contributed by atoms with Gasteiger partial charge in [-0.25, -0.2) is 4.79 Å². The molecule has 5 nitrogen and oxygen atoms in total. The van der Waals surface area contributed by atoms with Crippen LogP contribution in [0.25, 0.3) is 0 Å². The Labute approximate surface area is 145 Å². The Bertz CT molecular complexity index is 906. The number of ether oxygens (including phenoxy) is 1. The third kappa shape index (κ3) is 1.79. The third-order valence-electron chi connectivity index (χ3n) is 4.99. The highest BCUT2D eigenvalue weighted by atomic mass is 16.5. The van der Waals surface area contributed by atoms with E-state index in [2.05, 4.69) is 5.92 Å². The number of hydrogen-bond acceptors (Lipinski definition) is 4. The van der Waals surface area contributed by atoms with Crippen molar-refractivity contribution in [2.24, 2.45) is 0 Å². The van der Waals surface area contributed by atoms with Gasteiger partial charge in [0.1, 0.15) is 5.41 Å². The van der Waals surface area contributed by atoms with Crippen LogP contribution in [0.5, 0.6) is 0 Å². The van der Waals surface area contributed by atoms with Gasteiger partial charge in [0.15, 0.2) is 0 Å². The van der Waals surface area contributed by atoms with E-state index in [0.717, 1.165) is 11.3 Å². The number of nitrogens with zero attached hydrogens (tertiary/aromatic N) is 2. The fraction of sp³-hybridized carbons (Fsp3) is 0.200. The molecule has 1 aromatic carbocycles. The smallest absolute Gasteiger partial charge is 0.336 e. The molecule has 0 aromatic heterocycles. The lowest BCUT2D eigenvalue weighted by Crippen LogP contribution is -2.51. The monoisotopic (exact) mass is 332 g/mol. The molecular formula is C20H16N2O3. The van der Waals surface area contributed by atoms with Crippen LogP contribution in [-0.4, -0.2) is 36.5 Å². The summed E-state index contributed by atoms with van der Waals surface area (Å²) in [5, 5.41) is 0. The van der Waals surface area contributed by atoms with E-state index in [4.69, 9.17) is 11.2 Å². The van der Waals surface area contributed by atoms with Crippen LogP contribution in [0.15, 0.2) is 60.5 Å². The number of benzene rings is 1. The van der Waals surface area contributed by atoms with Crippen LogP contribution in [0.1, 0.15) is 5.56 Å². The van der Waals surface area contributed by atoms with Crippen LogP contribution < -0.4 is 4.90 Å². The van der Waals surface area contributed by atoms with Crippen LogP contribution in [-0.2, 0) is 19.7 Å². The third-order valence-corrected chi connectivity index (χ3v) is 4.99. The number of allylic oxidation sites excluding steroid dienone is 2. The summed E-state index contributed by atoms with van der Waals surface area (Å²) in [5.74, 6) is 1.83. The summed E-state index contributed by atoms with van der Waals surface area (Å²) >= 11 is 0. The van der Waals surface area contributed by atoms with Gasteiger partial charge in [0.2, 0.25) is 5.91 Å². The van der Waals surface area contributed by atoms with Gasteiger partial charge in [0, 0.05) is 18.1 Å². The highest BCUT2D eigenvalue weighted by Crippen LogP contribution is 2.53. The average molecular weight is 332 g/mol. The van der Waals surface area contributed by atoms with Crippen molar-refractivity contribution >= 4 is 17.6 Å². The molecule has 1 spiro atoms. The van der Waals surface area contributed by atoms with Crippen molar-refractivity contribution in [1.82, 2.24) is 4.90 Å². The molecule has 0 N–H and O–H groups in total. The Morgan fingerprint density at radius 2 is 2.16 bits per heavy atom. The summed E-state index contributed by atoms with van der Waals surface area (Å²) in [7, 11) is 1.32. The molecule has 0 aliphatic carbocycles. The van der Waals surface area contributed by atoms with Gasteiger partial charge in [-0.1, -0.05) is 36.3 Å². The Hall–Kier alpha value is -3.26. The second-order valence-electron chi connectivity index (χ2n) is 6.07. The Morgan fingerprint density at radius 1 is 1.36 bits per heavy atom. The highest BCUT2D eigenvalue weighted by molar-refractivity contribution is 6.17. The largest absolute Gasteiger partial charge is 0.466 e. The summed E-state index contributed by atoms with van der Waals surface area (Å²) in [5.41, 5.74) is 0.694. The highest BCUT2D eigenvalue weighted by Gasteiger charge is 2.63. The lowest BCUT2D eigenvalue weighted by Gasteiger charge is -2.34. The molecule has 124 valence electrons. The molecule has 2 atom stereocenters. The van der Waals surface area contributed by atoms with Crippen molar-refractivity contribution in [2.45, 2.75) is 11.5 Å². The van der Waals surface area contributed by atoms with E-state index in [9.17, 15) is 9.59 Å². The molecule has 0 saturated heterocycles. The molecule has 3 heterocycles. The van der Waals surface area contributed by atoms with Gasteiger partial charge >= 0.3 is 5.97 Å². The number of hydrogen-bond donors (Lipinski definition) is 0. The van der Waals surface area contributed by atoms with E-state index in [1.165, 1.54) is 7.11 Å². The van der Waals surface area contributed by atoms with Gasteiger partial charge in [-0.15, -0.1) is 6.42 Å². The van der Waals surface area contributed by atoms with Gasteiger partial charge in [0.25, 0.3) is 0 Å². The molecular weight excluding hydrogens is 316 g/mol. The number of esters is 1. The maximum Gasteiger partial charge on any atom is 0.336 e. The molecule has 0 fully saturated rings. The van der Waals surface area contributed by atoms with E-state index in [1.54, 1.807) is 11.1 Å². The fourth-order valence-corrected chi connectivity index (χ4v) is 4.01. The minimum atomic E-state index is -1.15. The molecule has 3 aliphatic rings. The van der Waals surface area contributed by atoms with Gasteiger partial charge < -0.3 is 9.64 Å². The predicted molar refractivity (Wildman–Crippen MR) is 93.3 cm³/mol. The minimum Gasteiger partial charge on any atom is -0.466 e. The van der Waals surface area contributed by atoms with Crippen LogP contribution in [0.2, 0.25) is 0 Å². The zero-order chi connectivity index (χ0) is 17.6. The first-order valence-corrected chi connectivity index (χ1v) is 7.94. The second-order valence-corrected chi connectivity index (χ2v) is 6.07. The van der Waals surface area contributed by atoms with Crippen molar-refractivity contribution in [2.75, 3.05) is 18.6 Å². The molecule has 25 heavy (non-hydrogen) atoms. The summed E-state index contributed by atoms with van der Waals surface area (Å²) in [6.45, 7) is 0.151. The minimum absolute atomic E-state index is 0.151. The van der Waals surface area contributed by atoms with Crippen molar-refractivity contribution in [3.05, 3.63) is 66.0 Å². The van der Waals surface area contributed by atoms with Crippen LogP contribution in [0.4, 0.5) is 5.69 Å². The molecule has 1 aromatic rings. The molecule has 0 radical (unpaired) electrons. The standard InChI is InChI=1S/C20H16N2O3/c1-3-11-22-16-9-5-4-8-14(16)20(19(22)24)15(18(23)25-2)13-21-12-7-6-10-17(20)21/h1,4-10,12-13,17H,11H2,2H3/t17-,20+/m0/s1. The first kappa shape index (κ1) is 15.3. The SMILES string of the molecule is C#CCN1C(=O)[C@@]2(C(C(=O)OC)=CN3C=CC=C[C@H]32)c2ccccc21. The zero-order valence-corrected chi connectivity index (χ0v) is 13.7. The van der Waals surface area contributed by atoms with Crippen LogP contribution >= 0.6 is 0 Å². The van der Waals surface area contributed by atoms with Gasteiger partial charge in [-0.3, -0.25) is 9.69 Å². The number of carbonyl (C=O) groups is 2. The maximum absolute atomic E-state index is 13.6. The van der Waals surface area contributed by atoms with Gasteiger partial charge in [-0.05, 0) is 17.7 Å². The fourth-order valence-electron chi connectivity index (χ4n) is 4.01. The normalized spacial score (nSPS) is 25.7. The lowest BCUT2D eigenvalue weighted by molar-refractivity contribution is -0.138. The molecule has 3 aliphatic heterocycles. The number of amides is 1. The van der Waals surface area contributed by atoms with Gasteiger partial charge in [0.05, 0.1) is 25.3 Å². The summed E-state index contributed by atoms with van der Waals surface area (Å²) in [6, 6.07) is 7.14. The van der Waals surface area contributed by atoms with E-state index < -0.39 is 11.4 Å². The second kappa shape index (κ2) is 5.38. The lowest BCUT2D eigenvalue weighted by atomic mass is 9.71. The van der Waals surface area contributed by atoms with Crippen molar-refractivity contribution in [3.8, 4) is 12.3 Å². The van der Waals surface area contributed by atoms with Crippen LogP contribution in [0.3, 0.4) is 0 Å². The molecule has 5 heteroatoms. The van der Waals surface area contributed by atoms with Crippen molar-refractivity contribution < 1.29 is 14.3 Å². The first-order chi connectivity index (χ1) is 12.2. The maximum atomic E-state index is 13.6. The first-order valence-electron chi connectivity index (χ1n) is 7.94. The average Bonchev–Trinajstić information content (AvgIpc) is 3.12. The zero-order valence-electron chi connectivity index (χ0n) is 13.7. The molecule has 0 bridgehead atoms. The molecule has 0 unspecified atom stereocenters. The van der Waals surface area contributed by atoms with E-state index in [-0.39, 0.29) is 18.5 Å². The van der Waals surface area contributed by atoms with E-state index in [0.29, 0.717) is 5.57 Å². The Morgan fingerprint density at radius 3 is 2.92 bits per heavy atom. The number of fused-ring (bicyclic) bond motifs is 4. The van der Waals surface area contributed by atoms with Gasteiger partial charge in [-0.2, -0.15) is 0 Å². The number of carbonyl (C=O) groups excluding carboxylic acids is 2. The number of anilines is 1. The van der Waals surface area contributed by atoms with Crippen molar-refractivity contribution in [3.63, 3.8) is 0 Å². The van der Waals surface area contributed by atoms with Crippen molar-refractivity contribution in [1.29, 1.82) is 0 Å². The number of rotatable bonds is 2. The van der Waals surface area contributed by atoms with E-state index in [1.807, 2.05) is 53.6 Å². The van der Waals surface area contributed by atoms with Crippen LogP contribution in [0, 0.1) is 12.3 Å². The molecule has 1 amide bonds. The summed E-state index contributed by atoms with van der Waals surface area (Å²) < 4.78 is 4.99.